The number of thiophene rings is 1. The number of carbonyl (C=O) groups excluding carboxylic acids is 1. The van der Waals surface area contributed by atoms with Gasteiger partial charge in [-0.15, -0.1) is 0 Å². The van der Waals surface area contributed by atoms with E-state index >= 15 is 0 Å². The van der Waals surface area contributed by atoms with Crippen LogP contribution in [-0.2, 0) is 10.5 Å². The number of hydrogen-bond donors (Lipinski definition) is 1. The molecule has 25 heavy (non-hydrogen) atoms. The first-order chi connectivity index (χ1) is 12.3. The molecule has 1 saturated heterocycles. The van der Waals surface area contributed by atoms with Gasteiger partial charge in [0.25, 0.3) is 5.91 Å². The van der Waals surface area contributed by atoms with Gasteiger partial charge in [0.2, 0.25) is 0 Å². The van der Waals surface area contributed by atoms with Gasteiger partial charge < -0.3 is 14.8 Å². The molecule has 3 rings (SSSR count). The maximum atomic E-state index is 12.3. The molecule has 1 fully saturated rings. The third kappa shape index (κ3) is 6.06. The predicted molar refractivity (Wildman–Crippen MR) is 104 cm³/mol. The minimum atomic E-state index is -0.0568. The molecule has 1 N–H and O–H groups in total. The second-order valence-electron chi connectivity index (χ2n) is 5.91. The molecule has 1 unspecified atom stereocenters. The van der Waals surface area contributed by atoms with Gasteiger partial charge in [0.05, 0.1) is 6.10 Å². The molecule has 0 spiro atoms. The van der Waals surface area contributed by atoms with E-state index < -0.39 is 0 Å². The number of benzene rings is 1. The Balaban J connectivity index is 1.38. The fourth-order valence-electron chi connectivity index (χ4n) is 2.60. The van der Waals surface area contributed by atoms with Crippen LogP contribution in [0.2, 0.25) is 0 Å². The number of nitrogens with one attached hydrogen (secondary N) is 1. The molecule has 1 aromatic carbocycles. The molecule has 0 saturated carbocycles. The second kappa shape index (κ2) is 9.85. The van der Waals surface area contributed by atoms with E-state index in [1.807, 2.05) is 30.0 Å². The molecule has 1 aromatic heterocycles. The summed E-state index contributed by atoms with van der Waals surface area (Å²) in [4.78, 5) is 12.3. The summed E-state index contributed by atoms with van der Waals surface area (Å²) in [6.07, 6.45) is 2.32. The first-order valence-corrected chi connectivity index (χ1v) is 10.6. The fraction of sp³-hybridized carbons (Fsp3) is 0.421. The number of thioether (sulfide) groups is 1. The third-order valence-electron chi connectivity index (χ3n) is 3.94. The van der Waals surface area contributed by atoms with Crippen LogP contribution in [0.1, 0.15) is 28.8 Å². The van der Waals surface area contributed by atoms with Crippen LogP contribution in [-0.4, -0.2) is 37.5 Å². The standard InChI is InChI=1S/C19H23NO3S2/c21-19(20-7-10-25-14-15-6-9-24-13-15)16-3-1-4-17(11-16)23-12-18-5-2-8-22-18/h1,3-4,6,9,11,13,18H,2,5,7-8,10,12,14H2,(H,20,21). The van der Waals surface area contributed by atoms with Crippen molar-refractivity contribution in [1.82, 2.24) is 5.32 Å². The van der Waals surface area contributed by atoms with Crippen molar-refractivity contribution in [2.75, 3.05) is 25.5 Å². The molecule has 4 nitrogen and oxygen atoms in total. The molecule has 0 radical (unpaired) electrons. The highest BCUT2D eigenvalue weighted by molar-refractivity contribution is 7.98. The van der Waals surface area contributed by atoms with Crippen LogP contribution in [0.4, 0.5) is 0 Å². The normalized spacial score (nSPS) is 16.7. The molecule has 2 aromatic rings. The van der Waals surface area contributed by atoms with Crippen LogP contribution in [0.15, 0.2) is 41.1 Å². The molecular weight excluding hydrogens is 354 g/mol. The number of ether oxygens (including phenoxy) is 2. The van der Waals surface area contributed by atoms with Gasteiger partial charge in [-0.3, -0.25) is 4.79 Å². The Morgan fingerprint density at radius 1 is 1.40 bits per heavy atom. The van der Waals surface area contributed by atoms with Gasteiger partial charge in [0.1, 0.15) is 12.4 Å². The van der Waals surface area contributed by atoms with Crippen molar-refractivity contribution < 1.29 is 14.3 Å². The summed E-state index contributed by atoms with van der Waals surface area (Å²) >= 11 is 3.54. The van der Waals surface area contributed by atoms with Crippen LogP contribution in [0.3, 0.4) is 0 Å². The lowest BCUT2D eigenvalue weighted by Gasteiger charge is -2.12. The minimum absolute atomic E-state index is 0.0568. The molecule has 6 heteroatoms. The topological polar surface area (TPSA) is 47.6 Å². The minimum Gasteiger partial charge on any atom is -0.491 e. The zero-order valence-electron chi connectivity index (χ0n) is 14.1. The van der Waals surface area contributed by atoms with Gasteiger partial charge in [-0.05, 0) is 53.4 Å². The van der Waals surface area contributed by atoms with E-state index in [0.29, 0.717) is 18.7 Å². The Morgan fingerprint density at radius 2 is 2.36 bits per heavy atom. The molecule has 1 aliphatic rings. The van der Waals surface area contributed by atoms with Gasteiger partial charge in [0, 0.05) is 30.2 Å². The lowest BCUT2D eigenvalue weighted by molar-refractivity contribution is 0.0679. The van der Waals surface area contributed by atoms with E-state index in [1.165, 1.54) is 5.56 Å². The van der Waals surface area contributed by atoms with Crippen LogP contribution in [0.25, 0.3) is 0 Å². The Kier molecular flexibility index (Phi) is 7.21. The van der Waals surface area contributed by atoms with E-state index in [4.69, 9.17) is 9.47 Å². The molecular formula is C19H23NO3S2. The molecule has 134 valence electrons. The van der Waals surface area contributed by atoms with Crippen LogP contribution in [0.5, 0.6) is 5.75 Å². The molecule has 0 aliphatic carbocycles. The van der Waals surface area contributed by atoms with E-state index in [1.54, 1.807) is 17.4 Å². The van der Waals surface area contributed by atoms with Crippen LogP contribution < -0.4 is 10.1 Å². The lowest BCUT2D eigenvalue weighted by Crippen LogP contribution is -2.25. The number of rotatable bonds is 9. The van der Waals surface area contributed by atoms with Crippen molar-refractivity contribution in [2.45, 2.75) is 24.7 Å². The van der Waals surface area contributed by atoms with Gasteiger partial charge in [-0.1, -0.05) is 6.07 Å². The maximum absolute atomic E-state index is 12.3. The van der Waals surface area contributed by atoms with Crippen molar-refractivity contribution in [3.63, 3.8) is 0 Å². The third-order valence-corrected chi connectivity index (χ3v) is 5.70. The Bertz CT molecular complexity index is 654. The van der Waals surface area contributed by atoms with Crippen molar-refractivity contribution in [1.29, 1.82) is 0 Å². The summed E-state index contributed by atoms with van der Waals surface area (Å²) in [5.41, 5.74) is 1.98. The molecule has 1 aliphatic heterocycles. The van der Waals surface area contributed by atoms with Crippen LogP contribution >= 0.6 is 23.1 Å². The summed E-state index contributed by atoms with van der Waals surface area (Å²) in [5, 5.41) is 7.22. The first-order valence-electron chi connectivity index (χ1n) is 8.53. The monoisotopic (exact) mass is 377 g/mol. The molecule has 2 heterocycles. The van der Waals surface area contributed by atoms with Crippen molar-refractivity contribution in [3.05, 3.63) is 52.2 Å². The van der Waals surface area contributed by atoms with Crippen molar-refractivity contribution in [2.24, 2.45) is 0 Å². The smallest absolute Gasteiger partial charge is 0.251 e. The van der Waals surface area contributed by atoms with Crippen LogP contribution in [0, 0.1) is 0 Å². The molecule has 1 atom stereocenters. The largest absolute Gasteiger partial charge is 0.491 e. The average molecular weight is 378 g/mol. The van der Waals surface area contributed by atoms with E-state index in [2.05, 4.69) is 22.1 Å². The summed E-state index contributed by atoms with van der Waals surface area (Å²) < 4.78 is 11.3. The SMILES string of the molecule is O=C(NCCSCc1ccsc1)c1cccc(OCC2CCCO2)c1. The van der Waals surface area contributed by atoms with Gasteiger partial charge in [0.15, 0.2) is 0 Å². The zero-order valence-corrected chi connectivity index (χ0v) is 15.7. The van der Waals surface area contributed by atoms with Gasteiger partial charge in [-0.25, -0.2) is 0 Å². The van der Waals surface area contributed by atoms with Crippen molar-refractivity contribution in [3.8, 4) is 5.75 Å². The number of amides is 1. The Hall–Kier alpha value is -1.50. The fourth-order valence-corrected chi connectivity index (χ4v) is 4.18. The Labute approximate surface area is 156 Å². The predicted octanol–water partition coefficient (Wildman–Crippen LogP) is 3.97. The first kappa shape index (κ1) is 18.3. The highest BCUT2D eigenvalue weighted by Gasteiger charge is 2.16. The lowest BCUT2D eigenvalue weighted by atomic mass is 10.2. The maximum Gasteiger partial charge on any atom is 0.251 e. The number of carbonyl (C=O) groups is 1. The van der Waals surface area contributed by atoms with Gasteiger partial charge in [-0.2, -0.15) is 23.1 Å². The molecule has 0 bridgehead atoms. The highest BCUT2D eigenvalue weighted by Crippen LogP contribution is 2.17. The Morgan fingerprint density at radius 3 is 3.16 bits per heavy atom. The second-order valence-corrected chi connectivity index (χ2v) is 7.80. The number of hydrogen-bond acceptors (Lipinski definition) is 5. The summed E-state index contributed by atoms with van der Waals surface area (Å²) in [5.74, 6) is 2.55. The summed E-state index contributed by atoms with van der Waals surface area (Å²) in [6.45, 7) is 2.03. The zero-order chi connectivity index (χ0) is 17.3. The van der Waals surface area contributed by atoms with Crippen molar-refractivity contribution >= 4 is 29.0 Å². The molecule has 1 amide bonds. The van der Waals surface area contributed by atoms with E-state index in [-0.39, 0.29) is 12.0 Å². The highest BCUT2D eigenvalue weighted by atomic mass is 32.2. The van der Waals surface area contributed by atoms with E-state index in [9.17, 15) is 4.79 Å². The summed E-state index contributed by atoms with van der Waals surface area (Å²) in [6, 6.07) is 9.47. The van der Waals surface area contributed by atoms with E-state index in [0.717, 1.165) is 36.7 Å². The summed E-state index contributed by atoms with van der Waals surface area (Å²) in [7, 11) is 0. The quantitative estimate of drug-likeness (QED) is 0.672. The average Bonchev–Trinajstić information content (AvgIpc) is 3.33. The van der Waals surface area contributed by atoms with Gasteiger partial charge >= 0.3 is 0 Å².